The molecule has 1 heterocycles. The number of rotatable bonds is 8. The first-order valence-electron chi connectivity index (χ1n) is 6.77. The van der Waals surface area contributed by atoms with E-state index >= 15 is 0 Å². The Kier molecular flexibility index (Phi) is 6.22. The van der Waals surface area contributed by atoms with Gasteiger partial charge in [0, 0.05) is 36.4 Å². The second-order valence-corrected chi connectivity index (χ2v) is 5.52. The number of nitrogens with one attached hydrogen (secondary N) is 1. The summed E-state index contributed by atoms with van der Waals surface area (Å²) < 4.78 is 13.4. The molecule has 1 aromatic carbocycles. The van der Waals surface area contributed by atoms with Gasteiger partial charge < -0.3 is 14.8 Å². The van der Waals surface area contributed by atoms with E-state index in [-0.39, 0.29) is 0 Å². The van der Waals surface area contributed by atoms with Crippen LogP contribution >= 0.6 is 15.9 Å². The average molecular weight is 354 g/mol. The molecule has 2 aromatic rings. The van der Waals surface area contributed by atoms with E-state index in [9.17, 15) is 0 Å². The van der Waals surface area contributed by atoms with Gasteiger partial charge in [0.2, 0.25) is 0 Å². The Morgan fingerprint density at radius 1 is 1.29 bits per heavy atom. The van der Waals surface area contributed by atoms with Gasteiger partial charge in [-0.15, -0.1) is 0 Å². The van der Waals surface area contributed by atoms with E-state index in [2.05, 4.69) is 32.4 Å². The zero-order valence-corrected chi connectivity index (χ0v) is 13.9. The zero-order valence-electron chi connectivity index (χ0n) is 12.3. The zero-order chi connectivity index (χ0) is 15.1. The van der Waals surface area contributed by atoms with Crippen molar-refractivity contribution in [1.29, 1.82) is 0 Å². The molecule has 0 saturated carbocycles. The van der Waals surface area contributed by atoms with Gasteiger partial charge in [0.1, 0.15) is 5.75 Å². The Balaban J connectivity index is 2.06. The Labute approximate surface area is 133 Å². The molecule has 0 spiro atoms. The van der Waals surface area contributed by atoms with Gasteiger partial charge in [-0.05, 0) is 24.3 Å². The topological polar surface area (TPSA) is 48.3 Å². The lowest BCUT2D eigenvalue weighted by Crippen LogP contribution is -2.21. The van der Waals surface area contributed by atoms with Crippen LogP contribution in [0.25, 0.3) is 0 Å². The molecule has 5 nitrogen and oxygen atoms in total. The van der Waals surface area contributed by atoms with Crippen molar-refractivity contribution in [2.75, 3.05) is 27.4 Å². The number of ether oxygens (including phenoxy) is 2. The van der Waals surface area contributed by atoms with Gasteiger partial charge in [0.05, 0.1) is 26.0 Å². The van der Waals surface area contributed by atoms with E-state index in [1.54, 1.807) is 14.2 Å². The predicted molar refractivity (Wildman–Crippen MR) is 85.6 cm³/mol. The number of nitrogens with zero attached hydrogens (tertiary/aromatic N) is 2. The predicted octanol–water partition coefficient (Wildman–Crippen LogP) is 2.44. The van der Waals surface area contributed by atoms with Crippen molar-refractivity contribution in [3.8, 4) is 5.75 Å². The number of hydrogen-bond acceptors (Lipinski definition) is 4. The van der Waals surface area contributed by atoms with Crippen LogP contribution in [0, 0.1) is 0 Å². The minimum Gasteiger partial charge on any atom is -0.496 e. The highest BCUT2D eigenvalue weighted by atomic mass is 79.9. The van der Waals surface area contributed by atoms with Gasteiger partial charge in [-0.3, -0.25) is 4.68 Å². The van der Waals surface area contributed by atoms with Gasteiger partial charge in [0.15, 0.2) is 0 Å². The summed E-state index contributed by atoms with van der Waals surface area (Å²) >= 11 is 3.50. The van der Waals surface area contributed by atoms with E-state index in [4.69, 9.17) is 9.47 Å². The van der Waals surface area contributed by atoms with Crippen molar-refractivity contribution < 1.29 is 9.47 Å². The van der Waals surface area contributed by atoms with E-state index < -0.39 is 0 Å². The van der Waals surface area contributed by atoms with Crippen molar-refractivity contribution in [3.05, 3.63) is 46.2 Å². The molecule has 6 heteroatoms. The molecule has 1 aromatic heterocycles. The fourth-order valence-electron chi connectivity index (χ4n) is 2.08. The number of hydrogen-bond donors (Lipinski definition) is 1. The largest absolute Gasteiger partial charge is 0.496 e. The normalized spacial score (nSPS) is 10.8. The molecule has 0 unspecified atom stereocenters. The molecule has 0 fully saturated rings. The quantitative estimate of drug-likeness (QED) is 0.740. The van der Waals surface area contributed by atoms with E-state index in [0.717, 1.165) is 34.6 Å². The Bertz CT molecular complexity index is 572. The summed E-state index contributed by atoms with van der Waals surface area (Å²) in [5.74, 6) is 0.868. The lowest BCUT2D eigenvalue weighted by molar-refractivity contribution is 0.199. The van der Waals surface area contributed by atoms with Crippen molar-refractivity contribution in [2.45, 2.75) is 13.1 Å². The molecule has 0 radical (unpaired) electrons. The monoisotopic (exact) mass is 353 g/mol. The number of benzene rings is 1. The Morgan fingerprint density at radius 3 is 2.90 bits per heavy atom. The third-order valence-electron chi connectivity index (χ3n) is 3.16. The number of halogens is 1. The van der Waals surface area contributed by atoms with Crippen LogP contribution in [0.2, 0.25) is 0 Å². The van der Waals surface area contributed by atoms with Crippen molar-refractivity contribution in [2.24, 2.45) is 0 Å². The fourth-order valence-corrected chi connectivity index (χ4v) is 2.48. The van der Waals surface area contributed by atoms with E-state index in [1.807, 2.05) is 29.1 Å². The highest BCUT2D eigenvalue weighted by Gasteiger charge is 2.08. The molecule has 0 amide bonds. The first-order valence-corrected chi connectivity index (χ1v) is 7.56. The van der Waals surface area contributed by atoms with E-state index in [0.29, 0.717) is 13.2 Å². The summed E-state index contributed by atoms with van der Waals surface area (Å²) in [5.41, 5.74) is 2.22. The summed E-state index contributed by atoms with van der Waals surface area (Å²) in [4.78, 5) is 0. The summed E-state index contributed by atoms with van der Waals surface area (Å²) in [5, 5.41) is 7.72. The van der Waals surface area contributed by atoms with Gasteiger partial charge in [0.25, 0.3) is 0 Å². The van der Waals surface area contributed by atoms with Crippen molar-refractivity contribution in [1.82, 2.24) is 15.1 Å². The minimum absolute atomic E-state index is 0.677. The first-order chi connectivity index (χ1) is 10.2. The van der Waals surface area contributed by atoms with Crippen molar-refractivity contribution in [3.63, 3.8) is 0 Å². The fraction of sp³-hybridized carbons (Fsp3) is 0.400. The Hall–Kier alpha value is -1.37. The highest BCUT2D eigenvalue weighted by Crippen LogP contribution is 2.24. The van der Waals surface area contributed by atoms with Gasteiger partial charge in [-0.1, -0.05) is 15.9 Å². The third-order valence-corrected chi connectivity index (χ3v) is 3.65. The van der Waals surface area contributed by atoms with Gasteiger partial charge >= 0.3 is 0 Å². The van der Waals surface area contributed by atoms with Crippen LogP contribution in [0.3, 0.4) is 0 Å². The molecular weight excluding hydrogens is 334 g/mol. The van der Waals surface area contributed by atoms with Crippen LogP contribution < -0.4 is 10.1 Å². The van der Waals surface area contributed by atoms with Crippen LogP contribution in [-0.4, -0.2) is 37.2 Å². The van der Waals surface area contributed by atoms with Crippen LogP contribution in [0.5, 0.6) is 5.75 Å². The molecule has 21 heavy (non-hydrogen) atoms. The summed E-state index contributed by atoms with van der Waals surface area (Å²) in [6, 6.07) is 8.00. The molecule has 0 aliphatic heterocycles. The van der Waals surface area contributed by atoms with Crippen LogP contribution in [-0.2, 0) is 17.8 Å². The lowest BCUT2D eigenvalue weighted by Gasteiger charge is -2.12. The highest BCUT2D eigenvalue weighted by molar-refractivity contribution is 9.10. The SMILES string of the molecule is COCCNCc1ccnn1Cc1cc(Br)ccc1OC. The lowest BCUT2D eigenvalue weighted by atomic mass is 10.2. The number of methoxy groups -OCH3 is 2. The second-order valence-electron chi connectivity index (χ2n) is 4.61. The molecule has 0 aliphatic carbocycles. The standard InChI is InChI=1S/C15H20BrN3O2/c1-20-8-7-17-10-14-5-6-18-19(14)11-12-9-13(16)3-4-15(12)21-2/h3-6,9,17H,7-8,10-11H2,1-2H3. The summed E-state index contributed by atoms with van der Waals surface area (Å²) in [6.45, 7) is 2.96. The van der Waals surface area contributed by atoms with Crippen LogP contribution in [0.15, 0.2) is 34.9 Å². The molecule has 1 N–H and O–H groups in total. The maximum atomic E-state index is 5.41. The molecule has 2 rings (SSSR count). The molecule has 0 bridgehead atoms. The molecular formula is C15H20BrN3O2. The smallest absolute Gasteiger partial charge is 0.124 e. The summed E-state index contributed by atoms with van der Waals surface area (Å²) in [7, 11) is 3.38. The second kappa shape index (κ2) is 8.17. The maximum absolute atomic E-state index is 5.41. The van der Waals surface area contributed by atoms with Crippen molar-refractivity contribution >= 4 is 15.9 Å². The molecule has 114 valence electrons. The van der Waals surface area contributed by atoms with E-state index in [1.165, 1.54) is 0 Å². The summed E-state index contributed by atoms with van der Waals surface area (Å²) in [6.07, 6.45) is 1.82. The van der Waals surface area contributed by atoms with Gasteiger partial charge in [-0.2, -0.15) is 5.10 Å². The number of aromatic nitrogens is 2. The maximum Gasteiger partial charge on any atom is 0.124 e. The third kappa shape index (κ3) is 4.56. The van der Waals surface area contributed by atoms with Gasteiger partial charge in [-0.25, -0.2) is 0 Å². The molecule has 0 aliphatic rings. The van der Waals surface area contributed by atoms with Crippen LogP contribution in [0.1, 0.15) is 11.3 Å². The van der Waals surface area contributed by atoms with Crippen LogP contribution in [0.4, 0.5) is 0 Å². The minimum atomic E-state index is 0.677. The first kappa shape index (κ1) is 16.0. The molecule has 0 saturated heterocycles. The molecule has 0 atom stereocenters. The average Bonchev–Trinajstić information content (AvgIpc) is 2.91. The Morgan fingerprint density at radius 2 is 2.14 bits per heavy atom.